The number of rotatable bonds is 9. The van der Waals surface area contributed by atoms with Crippen molar-refractivity contribution < 1.29 is 17.8 Å². The highest BCUT2D eigenvalue weighted by molar-refractivity contribution is 7.00. The van der Waals surface area contributed by atoms with Crippen molar-refractivity contribution in [2.24, 2.45) is 0 Å². The van der Waals surface area contributed by atoms with Gasteiger partial charge in [-0.3, -0.25) is 4.98 Å². The van der Waals surface area contributed by atoms with Crippen molar-refractivity contribution in [1.29, 1.82) is 0 Å². The van der Waals surface area contributed by atoms with Gasteiger partial charge >= 0.3 is 0 Å². The topological polar surface area (TPSA) is 24.3 Å². The second-order valence-corrected chi connectivity index (χ2v) is 35.2. The molecule has 0 fully saturated rings. The Morgan fingerprint density at radius 2 is 0.651 bits per heavy atom. The molecule has 0 amide bonds. The number of pyridine rings is 1. The number of hydrogen-bond acceptors (Lipinski definition) is 3. The molecule has 0 saturated carbocycles. The molecule has 5 heteroatoms. The van der Waals surface area contributed by atoms with Crippen molar-refractivity contribution in [1.82, 2.24) is 9.55 Å². The molecule has 526 valence electrons. The lowest BCUT2D eigenvalue weighted by atomic mass is 9.33. The number of fused-ring (bicyclic) bond motifs is 7. The van der Waals surface area contributed by atoms with E-state index in [9.17, 15) is 16.4 Å². The summed E-state index contributed by atoms with van der Waals surface area (Å²) in [5, 5.41) is -0.175. The monoisotopic (exact) mass is 1390 g/mol. The van der Waals surface area contributed by atoms with Gasteiger partial charge in [0.2, 0.25) is 0 Å². The van der Waals surface area contributed by atoms with Gasteiger partial charge in [0.05, 0.1) is 45.9 Å². The van der Waals surface area contributed by atoms with Crippen LogP contribution in [-0.4, -0.2) is 16.3 Å². The smallest absolute Gasteiger partial charge is 0.252 e. The molecule has 12 aromatic carbocycles. The van der Waals surface area contributed by atoms with Gasteiger partial charge in [0.25, 0.3) is 6.71 Å². The Morgan fingerprint density at radius 3 is 1.04 bits per heavy atom. The van der Waals surface area contributed by atoms with Crippen LogP contribution < -0.4 is 26.2 Å². The van der Waals surface area contributed by atoms with Gasteiger partial charge in [0, 0.05) is 78.0 Å². The first-order chi connectivity index (χ1) is 55.8. The van der Waals surface area contributed by atoms with Crippen molar-refractivity contribution in [3.05, 3.63) is 306 Å². The Labute approximate surface area is 648 Å². The van der Waals surface area contributed by atoms with Crippen molar-refractivity contribution in [2.75, 3.05) is 9.80 Å². The quantitative estimate of drug-likeness (QED) is 0.135. The van der Waals surface area contributed by atoms with Crippen LogP contribution in [0, 0.1) is 0 Å². The summed E-state index contributed by atoms with van der Waals surface area (Å²) in [6, 6.07) is 62.0. The van der Waals surface area contributed by atoms with Crippen molar-refractivity contribution in [2.45, 2.75) is 157 Å². The summed E-state index contributed by atoms with van der Waals surface area (Å²) >= 11 is 0. The Morgan fingerprint density at radius 1 is 0.292 bits per heavy atom. The van der Waals surface area contributed by atoms with Gasteiger partial charge in [-0.2, -0.15) is 0 Å². The maximum atomic E-state index is 10.3. The normalized spacial score (nSPS) is 15.0. The van der Waals surface area contributed by atoms with Crippen LogP contribution in [0.4, 0.5) is 34.1 Å². The summed E-state index contributed by atoms with van der Waals surface area (Å²) in [5.41, 5.74) is 19.4. The van der Waals surface area contributed by atoms with E-state index in [2.05, 4.69) is 280 Å². The fourth-order valence-electron chi connectivity index (χ4n) is 15.5. The Balaban J connectivity index is 1.21. The molecular weight excluding hydrogens is 1280 g/mol. The third kappa shape index (κ3) is 12.4. The predicted octanol–water partition coefficient (Wildman–Crippen LogP) is 26.0. The summed E-state index contributed by atoms with van der Waals surface area (Å²) in [4.78, 5) is 10.2. The van der Waals surface area contributed by atoms with Crippen LogP contribution in [0.25, 0.3) is 94.3 Å². The first-order valence-electron chi connectivity index (χ1n) is 43.6. The number of para-hydroxylation sites is 2. The molecule has 14 aromatic rings. The molecule has 0 saturated heterocycles. The molecule has 0 N–H and O–H groups in total. The van der Waals surface area contributed by atoms with E-state index in [-0.39, 0.29) is 56.0 Å². The molecule has 4 heterocycles. The SMILES string of the molecule is [2H]c1c([2H])c([2H])c(-c2ccc3c(c2)N(c2c(-c4ccccc4)cc(C(C)(C)C)cc2-c2cc(C(C)(C)C)nc(C(C)(C)C)c2)c2cc(-n4c5c([2H])c([2H])c([2H])c([2H])c5c5c([2H])c([2H])c([2H])c([2H])c54)cc4c2B3c2ccc(-c3cc(C(C)(C)C)cc(C(C)(C)C)c3)cc2N4c2c(-c3ccccc3)cc(C(C)(C)C)cc2-c2ccccc2)c([2H])c1[2H]. The van der Waals surface area contributed by atoms with Crippen LogP contribution in [0.2, 0.25) is 0 Å². The van der Waals surface area contributed by atoms with Crippen molar-refractivity contribution >= 4 is 79.0 Å². The van der Waals surface area contributed by atoms with E-state index in [4.69, 9.17) is 6.35 Å². The highest BCUT2D eigenvalue weighted by Crippen LogP contribution is 2.56. The average molecular weight is 1390 g/mol. The molecule has 4 nitrogen and oxygen atoms in total. The second-order valence-electron chi connectivity index (χ2n) is 35.2. The summed E-state index contributed by atoms with van der Waals surface area (Å²) < 4.78 is 127. The first-order valence-corrected chi connectivity index (χ1v) is 37.1. The molecule has 106 heavy (non-hydrogen) atoms. The van der Waals surface area contributed by atoms with Gasteiger partial charge in [-0.1, -0.05) is 325 Å². The van der Waals surface area contributed by atoms with Crippen LogP contribution >= 0.6 is 0 Å². The largest absolute Gasteiger partial charge is 0.310 e. The maximum absolute atomic E-state index is 10.3. The summed E-state index contributed by atoms with van der Waals surface area (Å²) in [6.07, 6.45) is 0. The summed E-state index contributed by atoms with van der Waals surface area (Å²) in [7, 11) is 0. The van der Waals surface area contributed by atoms with E-state index < -0.39 is 94.8 Å². The Kier molecular flexibility index (Phi) is 13.4. The van der Waals surface area contributed by atoms with E-state index in [1.807, 2.05) is 48.5 Å². The number of anilines is 6. The van der Waals surface area contributed by atoms with Crippen LogP contribution in [-0.2, 0) is 32.5 Å². The van der Waals surface area contributed by atoms with E-state index in [0.717, 1.165) is 117 Å². The van der Waals surface area contributed by atoms with Gasteiger partial charge in [0.15, 0.2) is 0 Å². The third-order valence-electron chi connectivity index (χ3n) is 21.5. The summed E-state index contributed by atoms with van der Waals surface area (Å²) in [6.45, 7) is 39.0. The van der Waals surface area contributed by atoms with Crippen LogP contribution in [0.1, 0.15) is 176 Å². The lowest BCUT2D eigenvalue weighted by Crippen LogP contribution is -2.61. The van der Waals surface area contributed by atoms with Crippen LogP contribution in [0.3, 0.4) is 0 Å². The van der Waals surface area contributed by atoms with E-state index in [1.54, 1.807) is 4.57 Å². The van der Waals surface area contributed by atoms with Crippen molar-refractivity contribution in [3.8, 4) is 72.4 Å². The van der Waals surface area contributed by atoms with Gasteiger partial charge in [-0.25, -0.2) is 0 Å². The van der Waals surface area contributed by atoms with Gasteiger partial charge in [-0.05, 0) is 178 Å². The zero-order valence-corrected chi connectivity index (χ0v) is 64.3. The average Bonchev–Trinajstić information content (AvgIpc) is 1.39. The van der Waals surface area contributed by atoms with Crippen LogP contribution in [0.15, 0.2) is 273 Å². The minimum absolute atomic E-state index is 0.00884. The number of hydrogen-bond donors (Lipinski definition) is 0. The minimum atomic E-state index is -0.735. The molecule has 0 atom stereocenters. The highest BCUT2D eigenvalue weighted by atomic mass is 15.2. The zero-order chi connectivity index (χ0) is 85.6. The van der Waals surface area contributed by atoms with E-state index in [1.165, 1.54) is 0 Å². The first kappa shape index (κ1) is 55.7. The standard InChI is InChI=1S/C101H99BN4/c1-96(2,3)72-51-70(52-73(57-72)97(4,5)6)69-48-50-84-88(54-69)105(94-79(65-37-25-20-26-38-65)58-74(98(7,8)9)59-80(94)66-39-27-21-28-40-66)89-62-76(104-85-45-33-31-43-77(85)78-44-32-34-46-86(78)104)63-90-93(89)102(84)83-49-47-68(64-35-23-19-24-36-64)53-87(83)106(90)95-81(67-41-29-22-30-42-67)60-75(99(10,11)12)61-82(95)71-55-91(100(13,14)15)103-92(56-71)101(16,17)18/h19-63H,1-18H3/i19D,23D,24D,31D,32D,33D,34D,35D,36D,43D,44D,45D,46D. The number of benzene rings is 12. The minimum Gasteiger partial charge on any atom is -0.310 e. The molecule has 0 bridgehead atoms. The van der Waals surface area contributed by atoms with Gasteiger partial charge < -0.3 is 14.4 Å². The fourth-order valence-corrected chi connectivity index (χ4v) is 15.5. The van der Waals surface area contributed by atoms with E-state index >= 15 is 0 Å². The summed E-state index contributed by atoms with van der Waals surface area (Å²) in [5.74, 6) is 0. The number of aromatic nitrogens is 2. The molecule has 2 aliphatic heterocycles. The molecule has 0 radical (unpaired) electrons. The second kappa shape index (κ2) is 25.5. The van der Waals surface area contributed by atoms with Gasteiger partial charge in [0.1, 0.15) is 0 Å². The molecular formula is C101H99BN4. The van der Waals surface area contributed by atoms with E-state index in [0.29, 0.717) is 28.3 Å². The number of nitrogens with zero attached hydrogens (tertiary/aromatic N) is 4. The molecule has 0 unspecified atom stereocenters. The Hall–Kier alpha value is -10.7. The fraction of sp³-hybridized carbons (Fsp3) is 0.238. The molecule has 0 aliphatic carbocycles. The third-order valence-corrected chi connectivity index (χ3v) is 21.5. The molecule has 16 rings (SSSR count). The molecule has 2 aliphatic rings. The predicted molar refractivity (Wildman–Crippen MR) is 457 cm³/mol. The van der Waals surface area contributed by atoms with Crippen molar-refractivity contribution in [3.63, 3.8) is 0 Å². The maximum Gasteiger partial charge on any atom is 0.252 e. The molecule has 0 spiro atoms. The lowest BCUT2D eigenvalue weighted by Gasteiger charge is -2.46. The highest BCUT2D eigenvalue weighted by Gasteiger charge is 2.47. The molecule has 2 aromatic heterocycles. The Bertz CT molecular complexity index is 6360. The van der Waals surface area contributed by atoms with Gasteiger partial charge in [-0.15, -0.1) is 0 Å². The van der Waals surface area contributed by atoms with Crippen LogP contribution in [0.5, 0.6) is 0 Å². The zero-order valence-electron chi connectivity index (χ0n) is 77.3. The lowest BCUT2D eigenvalue weighted by molar-refractivity contribution is 0.531.